The van der Waals surface area contributed by atoms with E-state index in [0.717, 1.165) is 38.8 Å². The van der Waals surface area contributed by atoms with Gasteiger partial charge in [-0.15, -0.1) is 0 Å². The van der Waals surface area contributed by atoms with E-state index in [0.29, 0.717) is 12.5 Å². The lowest BCUT2D eigenvalue weighted by Crippen LogP contribution is -2.65. The Labute approximate surface area is 107 Å². The number of rotatable bonds is 4. The summed E-state index contributed by atoms with van der Waals surface area (Å²) in [6.07, 6.45) is 4.11. The van der Waals surface area contributed by atoms with E-state index in [1.807, 2.05) is 0 Å². The van der Waals surface area contributed by atoms with Crippen LogP contribution in [0, 0.1) is 11.3 Å². The molecular weight excluding hydrogens is 262 g/mol. The molecule has 2 N–H and O–H groups in total. The van der Waals surface area contributed by atoms with Crippen molar-refractivity contribution in [2.24, 2.45) is 16.5 Å². The highest BCUT2D eigenvalue weighted by Crippen LogP contribution is 2.51. The monoisotopic (exact) mass is 279 g/mol. The fourth-order valence-corrected chi connectivity index (χ4v) is 4.59. The summed E-state index contributed by atoms with van der Waals surface area (Å²) in [6, 6.07) is 0.107. The van der Waals surface area contributed by atoms with E-state index in [4.69, 9.17) is 16.9 Å². The van der Waals surface area contributed by atoms with Crippen molar-refractivity contribution in [2.45, 2.75) is 31.7 Å². The fraction of sp³-hybridized carbons (Fsp3) is 1.00. The molecule has 1 heterocycles. The van der Waals surface area contributed by atoms with Crippen molar-refractivity contribution in [1.82, 2.24) is 8.72 Å². The summed E-state index contributed by atoms with van der Waals surface area (Å²) in [5.41, 5.74) is 0.277. The molecule has 3 aliphatic rings. The quantitative estimate of drug-likeness (QED) is 0.763. The average Bonchev–Trinajstić information content (AvgIpc) is 2.87. The number of halogens is 1. The number of nitrogens with two attached hydrogens (primary N) is 1. The minimum Gasteiger partial charge on any atom is -0.219 e. The van der Waals surface area contributed by atoms with Crippen molar-refractivity contribution >= 4 is 22.0 Å². The predicted molar refractivity (Wildman–Crippen MR) is 65.4 cm³/mol. The Hall–Kier alpha value is 0.120. The maximum Gasteiger partial charge on any atom is 0.277 e. The Bertz CT molecular complexity index is 409. The molecule has 98 valence electrons. The molecule has 0 aromatic carbocycles. The second-order valence-electron chi connectivity index (χ2n) is 5.90. The zero-order valence-corrected chi connectivity index (χ0v) is 11.3. The number of nitrogens with zero attached hydrogens (tertiary/aromatic N) is 2. The summed E-state index contributed by atoms with van der Waals surface area (Å²) in [5, 5.41) is 5.30. The SMILES string of the molecule is NS(=O)(=O)N(CC1CC1)C1CC2(C1)CN(Cl)C2. The molecule has 0 bridgehead atoms. The fourth-order valence-electron chi connectivity index (χ4n) is 3.10. The first-order valence-electron chi connectivity index (χ1n) is 6.08. The smallest absolute Gasteiger partial charge is 0.219 e. The summed E-state index contributed by atoms with van der Waals surface area (Å²) in [4.78, 5) is 0. The van der Waals surface area contributed by atoms with Crippen LogP contribution in [0.1, 0.15) is 25.7 Å². The van der Waals surface area contributed by atoms with Crippen LogP contribution in [0.4, 0.5) is 0 Å². The first-order chi connectivity index (χ1) is 7.88. The molecule has 1 aliphatic heterocycles. The van der Waals surface area contributed by atoms with Gasteiger partial charge in [0.25, 0.3) is 10.2 Å². The van der Waals surface area contributed by atoms with Gasteiger partial charge in [0.15, 0.2) is 0 Å². The molecule has 0 aromatic heterocycles. The lowest BCUT2D eigenvalue weighted by molar-refractivity contribution is -0.0549. The Balaban J connectivity index is 1.61. The topological polar surface area (TPSA) is 66.6 Å². The zero-order chi connectivity index (χ0) is 12.3. The van der Waals surface area contributed by atoms with Crippen molar-refractivity contribution in [1.29, 1.82) is 0 Å². The minimum atomic E-state index is -3.54. The summed E-state index contributed by atoms with van der Waals surface area (Å²) in [6.45, 7) is 2.38. The van der Waals surface area contributed by atoms with Gasteiger partial charge < -0.3 is 0 Å². The van der Waals surface area contributed by atoms with Crippen molar-refractivity contribution in [2.75, 3.05) is 19.6 Å². The molecule has 2 aliphatic carbocycles. The van der Waals surface area contributed by atoms with Crippen LogP contribution in [-0.4, -0.2) is 42.8 Å². The molecule has 2 saturated carbocycles. The van der Waals surface area contributed by atoms with Crippen molar-refractivity contribution in [3.8, 4) is 0 Å². The van der Waals surface area contributed by atoms with Crippen molar-refractivity contribution in [3.05, 3.63) is 0 Å². The molecule has 7 heteroatoms. The molecule has 1 saturated heterocycles. The molecule has 17 heavy (non-hydrogen) atoms. The molecule has 0 unspecified atom stereocenters. The Kier molecular flexibility index (Phi) is 2.72. The van der Waals surface area contributed by atoms with Crippen LogP contribution in [0.5, 0.6) is 0 Å². The molecule has 0 radical (unpaired) electrons. The molecular formula is C10H18ClN3O2S. The standard InChI is InChI=1S/C10H18ClN3O2S/c11-13-6-10(7-13)3-9(4-10)14(17(12,15)16)5-8-1-2-8/h8-9H,1-7H2,(H2,12,15,16). The Morgan fingerprint density at radius 3 is 2.35 bits per heavy atom. The van der Waals surface area contributed by atoms with Crippen LogP contribution < -0.4 is 5.14 Å². The molecule has 5 nitrogen and oxygen atoms in total. The van der Waals surface area contributed by atoms with Crippen LogP contribution in [0.2, 0.25) is 0 Å². The summed E-state index contributed by atoms with van der Waals surface area (Å²) in [5.74, 6) is 0.538. The van der Waals surface area contributed by atoms with E-state index in [2.05, 4.69) is 0 Å². The molecule has 0 amide bonds. The summed E-state index contributed by atoms with van der Waals surface area (Å²) < 4.78 is 26.4. The van der Waals surface area contributed by atoms with Crippen molar-refractivity contribution in [3.63, 3.8) is 0 Å². The second-order valence-corrected chi connectivity index (χ2v) is 7.88. The van der Waals surface area contributed by atoms with Crippen LogP contribution in [0.3, 0.4) is 0 Å². The van der Waals surface area contributed by atoms with E-state index in [9.17, 15) is 8.42 Å². The molecule has 3 fully saturated rings. The predicted octanol–water partition coefficient (Wildman–Crippen LogP) is 0.520. The first-order valence-corrected chi connectivity index (χ1v) is 7.92. The van der Waals surface area contributed by atoms with Gasteiger partial charge >= 0.3 is 0 Å². The van der Waals surface area contributed by atoms with E-state index in [1.54, 1.807) is 4.42 Å². The van der Waals surface area contributed by atoms with Crippen LogP contribution in [-0.2, 0) is 10.2 Å². The first kappa shape index (κ1) is 12.2. The van der Waals surface area contributed by atoms with E-state index < -0.39 is 10.2 Å². The molecule has 1 spiro atoms. The highest BCUT2D eigenvalue weighted by Gasteiger charge is 2.55. The third kappa shape index (κ3) is 2.33. The Morgan fingerprint density at radius 1 is 1.35 bits per heavy atom. The molecule has 0 aromatic rings. The third-order valence-corrected chi connectivity index (χ3v) is 5.56. The zero-order valence-electron chi connectivity index (χ0n) is 9.68. The van der Waals surface area contributed by atoms with Gasteiger partial charge in [-0.05, 0) is 43.4 Å². The number of hydrogen-bond donors (Lipinski definition) is 1. The largest absolute Gasteiger partial charge is 0.277 e. The Morgan fingerprint density at radius 2 is 1.94 bits per heavy atom. The van der Waals surface area contributed by atoms with Gasteiger partial charge in [0.05, 0.1) is 0 Å². The lowest BCUT2D eigenvalue weighted by atomic mass is 9.61. The van der Waals surface area contributed by atoms with Gasteiger partial charge in [0.1, 0.15) is 0 Å². The van der Waals surface area contributed by atoms with Gasteiger partial charge in [-0.25, -0.2) is 9.56 Å². The normalized spacial score (nSPS) is 29.4. The average molecular weight is 280 g/mol. The van der Waals surface area contributed by atoms with Gasteiger partial charge in [0.2, 0.25) is 0 Å². The second kappa shape index (κ2) is 3.81. The van der Waals surface area contributed by atoms with E-state index in [-0.39, 0.29) is 11.5 Å². The molecule has 3 rings (SSSR count). The maximum atomic E-state index is 11.6. The number of hydrogen-bond acceptors (Lipinski definition) is 3. The highest BCUT2D eigenvalue weighted by molar-refractivity contribution is 7.86. The maximum absolute atomic E-state index is 11.6. The van der Waals surface area contributed by atoms with E-state index >= 15 is 0 Å². The summed E-state index contributed by atoms with van der Waals surface area (Å²) in [7, 11) is -3.54. The van der Waals surface area contributed by atoms with Crippen LogP contribution in [0.15, 0.2) is 0 Å². The van der Waals surface area contributed by atoms with Crippen LogP contribution >= 0.6 is 11.8 Å². The van der Waals surface area contributed by atoms with Crippen LogP contribution in [0.25, 0.3) is 0 Å². The van der Waals surface area contributed by atoms with Crippen molar-refractivity contribution < 1.29 is 8.42 Å². The van der Waals surface area contributed by atoms with Gasteiger partial charge in [-0.3, -0.25) is 0 Å². The lowest BCUT2D eigenvalue weighted by Gasteiger charge is -2.58. The highest BCUT2D eigenvalue weighted by atomic mass is 35.5. The van der Waals surface area contributed by atoms with Gasteiger partial charge in [0, 0.05) is 31.1 Å². The third-order valence-electron chi connectivity index (χ3n) is 4.22. The van der Waals surface area contributed by atoms with Gasteiger partial charge in [-0.2, -0.15) is 12.7 Å². The minimum absolute atomic E-state index is 0.107. The van der Waals surface area contributed by atoms with Gasteiger partial charge in [-0.1, -0.05) is 0 Å². The molecule has 0 atom stereocenters. The summed E-state index contributed by atoms with van der Waals surface area (Å²) >= 11 is 5.83. The van der Waals surface area contributed by atoms with E-state index in [1.165, 1.54) is 4.31 Å².